The van der Waals surface area contributed by atoms with Crippen molar-refractivity contribution >= 4 is 15.9 Å². The van der Waals surface area contributed by atoms with Gasteiger partial charge in [-0.25, -0.2) is 12.8 Å². The molecule has 0 bridgehead atoms. The number of nitrogens with zero attached hydrogens (tertiary/aromatic N) is 3. The molecule has 0 spiro atoms. The summed E-state index contributed by atoms with van der Waals surface area (Å²) in [7, 11) is -3.93. The van der Waals surface area contributed by atoms with Crippen LogP contribution >= 0.6 is 0 Å². The molecule has 0 radical (unpaired) electrons. The van der Waals surface area contributed by atoms with Crippen LogP contribution in [0.4, 0.5) is 4.39 Å². The SMILES string of the molecule is Cc1cc(C)n(CC(C)CNC(=O)c2ccc(F)c(S(=O)(=O)N3CCCC3)c2)n1. The molecule has 1 unspecified atom stereocenters. The van der Waals surface area contributed by atoms with Gasteiger partial charge in [-0.15, -0.1) is 0 Å². The second kappa shape index (κ2) is 8.62. The van der Waals surface area contributed by atoms with Gasteiger partial charge < -0.3 is 5.32 Å². The maximum absolute atomic E-state index is 14.2. The molecular formula is C20H27FN4O3S. The first kappa shape index (κ1) is 21.4. The summed E-state index contributed by atoms with van der Waals surface area (Å²) in [4.78, 5) is 12.1. The number of hydrogen-bond donors (Lipinski definition) is 1. The van der Waals surface area contributed by atoms with Gasteiger partial charge in [0.05, 0.1) is 5.69 Å². The zero-order valence-electron chi connectivity index (χ0n) is 17.0. The Balaban J connectivity index is 1.67. The normalized spacial score (nSPS) is 16.1. The van der Waals surface area contributed by atoms with E-state index in [9.17, 15) is 17.6 Å². The first-order chi connectivity index (χ1) is 13.7. The Hall–Kier alpha value is -2.26. The molecule has 158 valence electrons. The minimum Gasteiger partial charge on any atom is -0.352 e. The Morgan fingerprint density at radius 2 is 1.93 bits per heavy atom. The topological polar surface area (TPSA) is 84.3 Å². The average Bonchev–Trinajstić information content (AvgIpc) is 3.30. The van der Waals surface area contributed by atoms with Crippen LogP contribution in [0.1, 0.15) is 41.5 Å². The predicted molar refractivity (Wildman–Crippen MR) is 108 cm³/mol. The Bertz CT molecular complexity index is 997. The summed E-state index contributed by atoms with van der Waals surface area (Å²) in [5.74, 6) is -1.15. The molecule has 9 heteroatoms. The Morgan fingerprint density at radius 1 is 1.24 bits per heavy atom. The lowest BCUT2D eigenvalue weighted by molar-refractivity contribution is 0.0946. The number of hydrogen-bond acceptors (Lipinski definition) is 4. The summed E-state index contributed by atoms with van der Waals surface area (Å²) in [5.41, 5.74) is 2.12. The van der Waals surface area contributed by atoms with Crippen LogP contribution in [0.15, 0.2) is 29.2 Å². The maximum Gasteiger partial charge on any atom is 0.251 e. The number of rotatable bonds is 7. The fraction of sp³-hybridized carbons (Fsp3) is 0.500. The zero-order chi connectivity index (χ0) is 21.2. The Morgan fingerprint density at radius 3 is 2.55 bits per heavy atom. The summed E-state index contributed by atoms with van der Waals surface area (Å²) in [6.45, 7) is 7.69. The van der Waals surface area contributed by atoms with E-state index in [0.717, 1.165) is 36.4 Å². The summed E-state index contributed by atoms with van der Waals surface area (Å²) in [6.07, 6.45) is 1.52. The molecule has 0 aliphatic carbocycles. The first-order valence-electron chi connectivity index (χ1n) is 9.77. The summed E-state index contributed by atoms with van der Waals surface area (Å²) >= 11 is 0. The molecule has 1 aliphatic rings. The molecule has 1 amide bonds. The quantitative estimate of drug-likeness (QED) is 0.743. The van der Waals surface area contributed by atoms with Crippen molar-refractivity contribution in [2.24, 2.45) is 5.92 Å². The molecular weight excluding hydrogens is 395 g/mol. The van der Waals surface area contributed by atoms with E-state index >= 15 is 0 Å². The van der Waals surface area contributed by atoms with Crippen molar-refractivity contribution in [2.45, 2.75) is 45.1 Å². The molecule has 1 fully saturated rings. The number of aromatic nitrogens is 2. The first-order valence-corrected chi connectivity index (χ1v) is 11.2. The van der Waals surface area contributed by atoms with E-state index < -0.39 is 26.6 Å². The molecule has 2 heterocycles. The Kier molecular flexibility index (Phi) is 6.38. The zero-order valence-corrected chi connectivity index (χ0v) is 17.8. The number of halogens is 1. The predicted octanol–water partition coefficient (Wildman–Crippen LogP) is 2.49. The standard InChI is InChI=1S/C20H27FN4O3S/c1-14(13-25-16(3)10-15(2)23-25)12-22-20(26)17-6-7-18(21)19(11-17)29(27,28)24-8-4-5-9-24/h6-7,10-11,14H,4-5,8-9,12-13H2,1-3H3,(H,22,26). The third kappa shape index (κ3) is 4.84. The summed E-state index contributed by atoms with van der Waals surface area (Å²) in [6, 6.07) is 5.46. The minimum atomic E-state index is -3.93. The highest BCUT2D eigenvalue weighted by Crippen LogP contribution is 2.24. The second-order valence-corrected chi connectivity index (χ2v) is 9.59. The van der Waals surface area contributed by atoms with Gasteiger partial charge in [0.25, 0.3) is 5.91 Å². The summed E-state index contributed by atoms with van der Waals surface area (Å²) in [5, 5.41) is 7.21. The number of amides is 1. The van der Waals surface area contributed by atoms with Gasteiger partial charge in [0.15, 0.2) is 0 Å². The smallest absolute Gasteiger partial charge is 0.251 e. The van der Waals surface area contributed by atoms with E-state index in [1.165, 1.54) is 10.4 Å². The van der Waals surface area contributed by atoms with E-state index in [1.54, 1.807) is 0 Å². The Labute approximate surface area is 171 Å². The number of nitrogens with one attached hydrogen (secondary N) is 1. The van der Waals surface area contributed by atoms with Gasteiger partial charge in [0.2, 0.25) is 10.0 Å². The van der Waals surface area contributed by atoms with Gasteiger partial charge in [-0.1, -0.05) is 6.92 Å². The molecule has 1 aromatic carbocycles. The van der Waals surface area contributed by atoms with E-state index in [-0.39, 0.29) is 11.5 Å². The van der Waals surface area contributed by atoms with Gasteiger partial charge in [-0.3, -0.25) is 9.48 Å². The van der Waals surface area contributed by atoms with Crippen molar-refractivity contribution in [3.8, 4) is 0 Å². The molecule has 3 rings (SSSR count). The van der Waals surface area contributed by atoms with Gasteiger partial charge >= 0.3 is 0 Å². The lowest BCUT2D eigenvalue weighted by atomic mass is 10.1. The lowest BCUT2D eigenvalue weighted by Crippen LogP contribution is -2.31. The summed E-state index contributed by atoms with van der Waals surface area (Å²) < 4.78 is 42.7. The second-order valence-electron chi connectivity index (χ2n) is 7.68. The number of carbonyl (C=O) groups excluding carboxylic acids is 1. The fourth-order valence-corrected chi connectivity index (χ4v) is 5.11. The molecule has 29 heavy (non-hydrogen) atoms. The van der Waals surface area contributed by atoms with Crippen molar-refractivity contribution in [1.82, 2.24) is 19.4 Å². The average molecular weight is 423 g/mol. The van der Waals surface area contributed by atoms with Crippen molar-refractivity contribution in [3.63, 3.8) is 0 Å². The van der Waals surface area contributed by atoms with Crippen LogP contribution in [0.25, 0.3) is 0 Å². The number of sulfonamides is 1. The van der Waals surface area contributed by atoms with Crippen LogP contribution in [0, 0.1) is 25.6 Å². The highest BCUT2D eigenvalue weighted by molar-refractivity contribution is 7.89. The molecule has 0 saturated carbocycles. The number of carbonyl (C=O) groups is 1. The molecule has 1 aliphatic heterocycles. The largest absolute Gasteiger partial charge is 0.352 e. The van der Waals surface area contributed by atoms with Crippen LogP contribution in [0.3, 0.4) is 0 Å². The fourth-order valence-electron chi connectivity index (χ4n) is 3.50. The highest BCUT2D eigenvalue weighted by atomic mass is 32.2. The molecule has 2 aromatic rings. The van der Waals surface area contributed by atoms with Crippen LogP contribution in [0.2, 0.25) is 0 Å². The van der Waals surface area contributed by atoms with Gasteiger partial charge in [0, 0.05) is 37.4 Å². The third-order valence-corrected chi connectivity index (χ3v) is 6.99. The monoisotopic (exact) mass is 422 g/mol. The van der Waals surface area contributed by atoms with Crippen molar-refractivity contribution in [2.75, 3.05) is 19.6 Å². The van der Waals surface area contributed by atoms with Crippen LogP contribution in [-0.2, 0) is 16.6 Å². The number of benzene rings is 1. The van der Waals surface area contributed by atoms with E-state index in [0.29, 0.717) is 26.2 Å². The van der Waals surface area contributed by atoms with Crippen LogP contribution in [0.5, 0.6) is 0 Å². The van der Waals surface area contributed by atoms with Crippen molar-refractivity contribution < 1.29 is 17.6 Å². The molecule has 1 aromatic heterocycles. The van der Waals surface area contributed by atoms with Gasteiger partial charge in [-0.05, 0) is 56.9 Å². The highest BCUT2D eigenvalue weighted by Gasteiger charge is 2.30. The van der Waals surface area contributed by atoms with Crippen molar-refractivity contribution in [3.05, 3.63) is 47.0 Å². The molecule has 1 saturated heterocycles. The van der Waals surface area contributed by atoms with E-state index in [1.807, 2.05) is 31.5 Å². The molecule has 7 nitrogen and oxygen atoms in total. The van der Waals surface area contributed by atoms with Crippen molar-refractivity contribution in [1.29, 1.82) is 0 Å². The number of aryl methyl sites for hydroxylation is 2. The van der Waals surface area contributed by atoms with Crippen LogP contribution < -0.4 is 5.32 Å². The van der Waals surface area contributed by atoms with Gasteiger partial charge in [-0.2, -0.15) is 9.40 Å². The maximum atomic E-state index is 14.2. The van der Waals surface area contributed by atoms with E-state index in [2.05, 4.69) is 10.4 Å². The van der Waals surface area contributed by atoms with E-state index in [4.69, 9.17) is 0 Å². The minimum absolute atomic E-state index is 0.116. The third-order valence-electron chi connectivity index (χ3n) is 5.08. The molecule has 1 atom stereocenters. The molecule has 1 N–H and O–H groups in total. The van der Waals surface area contributed by atoms with Gasteiger partial charge in [0.1, 0.15) is 10.7 Å². The van der Waals surface area contributed by atoms with Crippen LogP contribution in [-0.4, -0.2) is 48.0 Å². The lowest BCUT2D eigenvalue weighted by Gasteiger charge is -2.17.